The molecule has 1 aromatic carbocycles. The molecule has 0 saturated carbocycles. The SMILES string of the molecule is COCCN(Cc1cc(C#N)ccc1F)C(C)COC. The van der Waals surface area contributed by atoms with Crippen molar-refractivity contribution < 1.29 is 13.9 Å². The Balaban J connectivity index is 2.85. The fourth-order valence-electron chi connectivity index (χ4n) is 1.99. The van der Waals surface area contributed by atoms with Gasteiger partial charge in [0, 0.05) is 38.9 Å². The number of hydrogen-bond acceptors (Lipinski definition) is 4. The summed E-state index contributed by atoms with van der Waals surface area (Å²) >= 11 is 0. The van der Waals surface area contributed by atoms with Crippen molar-refractivity contribution in [2.45, 2.75) is 19.5 Å². The summed E-state index contributed by atoms with van der Waals surface area (Å²) in [6.45, 7) is 4.24. The third-order valence-electron chi connectivity index (χ3n) is 3.16. The summed E-state index contributed by atoms with van der Waals surface area (Å²) < 4.78 is 24.1. The molecule has 0 fully saturated rings. The highest BCUT2D eigenvalue weighted by molar-refractivity contribution is 5.33. The first-order valence-corrected chi connectivity index (χ1v) is 6.52. The molecule has 5 heteroatoms. The first-order chi connectivity index (χ1) is 9.62. The van der Waals surface area contributed by atoms with Crippen LogP contribution in [-0.4, -0.2) is 44.9 Å². The molecule has 4 nitrogen and oxygen atoms in total. The van der Waals surface area contributed by atoms with Crippen LogP contribution in [-0.2, 0) is 16.0 Å². The van der Waals surface area contributed by atoms with Gasteiger partial charge in [-0.1, -0.05) is 0 Å². The van der Waals surface area contributed by atoms with Crippen LogP contribution >= 0.6 is 0 Å². The van der Waals surface area contributed by atoms with Crippen molar-refractivity contribution in [3.8, 4) is 6.07 Å². The van der Waals surface area contributed by atoms with E-state index in [0.717, 1.165) is 0 Å². The lowest BCUT2D eigenvalue weighted by molar-refractivity contribution is 0.0698. The summed E-state index contributed by atoms with van der Waals surface area (Å²) in [5.74, 6) is -0.295. The summed E-state index contributed by atoms with van der Waals surface area (Å²) in [6.07, 6.45) is 0. The smallest absolute Gasteiger partial charge is 0.127 e. The second-order valence-corrected chi connectivity index (χ2v) is 4.69. The van der Waals surface area contributed by atoms with Gasteiger partial charge in [0.1, 0.15) is 5.82 Å². The average Bonchev–Trinajstić information content (AvgIpc) is 2.45. The quantitative estimate of drug-likeness (QED) is 0.732. The summed E-state index contributed by atoms with van der Waals surface area (Å²) in [4.78, 5) is 2.08. The van der Waals surface area contributed by atoms with Crippen molar-refractivity contribution in [1.29, 1.82) is 5.26 Å². The minimum atomic E-state index is -0.295. The molecule has 0 spiro atoms. The van der Waals surface area contributed by atoms with E-state index in [1.165, 1.54) is 12.1 Å². The number of hydrogen-bond donors (Lipinski definition) is 0. The van der Waals surface area contributed by atoms with E-state index in [2.05, 4.69) is 4.90 Å². The molecule has 1 rings (SSSR count). The molecular weight excluding hydrogens is 259 g/mol. The molecule has 20 heavy (non-hydrogen) atoms. The van der Waals surface area contributed by atoms with Gasteiger partial charge in [0.05, 0.1) is 24.8 Å². The zero-order chi connectivity index (χ0) is 15.0. The molecule has 0 aliphatic rings. The van der Waals surface area contributed by atoms with Gasteiger partial charge in [-0.15, -0.1) is 0 Å². The molecule has 0 radical (unpaired) electrons. The number of rotatable bonds is 8. The Morgan fingerprint density at radius 2 is 2.10 bits per heavy atom. The van der Waals surface area contributed by atoms with Crippen molar-refractivity contribution in [3.63, 3.8) is 0 Å². The van der Waals surface area contributed by atoms with E-state index in [1.54, 1.807) is 20.3 Å². The number of nitrogens with zero attached hydrogens (tertiary/aromatic N) is 2. The van der Waals surface area contributed by atoms with Crippen molar-refractivity contribution in [3.05, 3.63) is 35.1 Å². The maximum Gasteiger partial charge on any atom is 0.127 e. The molecule has 0 aliphatic heterocycles. The van der Waals surface area contributed by atoms with Crippen LogP contribution in [0.3, 0.4) is 0 Å². The Labute approximate surface area is 119 Å². The molecule has 0 aromatic heterocycles. The van der Waals surface area contributed by atoms with Crippen LogP contribution in [0.15, 0.2) is 18.2 Å². The molecule has 0 heterocycles. The van der Waals surface area contributed by atoms with Crippen molar-refractivity contribution >= 4 is 0 Å². The standard InChI is InChI=1S/C15H21FN2O2/c1-12(11-20-3)18(6-7-19-2)10-14-8-13(9-17)4-5-15(14)16/h4-5,8,12H,6-7,10-11H2,1-3H3. The molecule has 1 aromatic rings. The van der Waals surface area contributed by atoms with Gasteiger partial charge < -0.3 is 9.47 Å². The van der Waals surface area contributed by atoms with E-state index in [9.17, 15) is 4.39 Å². The molecule has 0 amide bonds. The normalized spacial score (nSPS) is 12.4. The number of halogens is 1. The molecular formula is C15H21FN2O2. The molecule has 0 N–H and O–H groups in total. The lowest BCUT2D eigenvalue weighted by Gasteiger charge is -2.28. The molecule has 0 aliphatic carbocycles. The second kappa shape index (κ2) is 8.64. The summed E-state index contributed by atoms with van der Waals surface area (Å²) in [5.41, 5.74) is 0.982. The number of nitriles is 1. The Morgan fingerprint density at radius 3 is 2.70 bits per heavy atom. The molecule has 1 unspecified atom stereocenters. The third-order valence-corrected chi connectivity index (χ3v) is 3.16. The molecule has 0 saturated heterocycles. The summed E-state index contributed by atoms with van der Waals surface area (Å²) in [7, 11) is 3.28. The van der Waals surface area contributed by atoms with Gasteiger partial charge in [-0.05, 0) is 25.1 Å². The van der Waals surface area contributed by atoms with E-state index in [4.69, 9.17) is 14.7 Å². The number of ether oxygens (including phenoxy) is 2. The second-order valence-electron chi connectivity index (χ2n) is 4.69. The molecule has 1 atom stereocenters. The Hall–Kier alpha value is -1.48. The summed E-state index contributed by atoms with van der Waals surface area (Å²) in [6, 6.07) is 6.58. The van der Waals surface area contributed by atoms with Gasteiger partial charge in [0.15, 0.2) is 0 Å². The zero-order valence-corrected chi connectivity index (χ0v) is 12.2. The van der Waals surface area contributed by atoms with Gasteiger partial charge in [-0.3, -0.25) is 4.90 Å². The van der Waals surface area contributed by atoms with Crippen LogP contribution in [0.2, 0.25) is 0 Å². The highest BCUT2D eigenvalue weighted by Gasteiger charge is 2.16. The van der Waals surface area contributed by atoms with Gasteiger partial charge in [-0.25, -0.2) is 4.39 Å². The van der Waals surface area contributed by atoms with E-state index < -0.39 is 0 Å². The van der Waals surface area contributed by atoms with Crippen LogP contribution in [0.1, 0.15) is 18.1 Å². The fourth-order valence-corrected chi connectivity index (χ4v) is 1.99. The summed E-state index contributed by atoms with van der Waals surface area (Å²) in [5, 5.41) is 8.90. The lowest BCUT2D eigenvalue weighted by atomic mass is 10.1. The minimum absolute atomic E-state index is 0.139. The van der Waals surface area contributed by atoms with Crippen LogP contribution in [0, 0.1) is 17.1 Å². The van der Waals surface area contributed by atoms with Gasteiger partial charge >= 0.3 is 0 Å². The van der Waals surface area contributed by atoms with Crippen LogP contribution < -0.4 is 0 Å². The maximum atomic E-state index is 13.8. The largest absolute Gasteiger partial charge is 0.383 e. The molecule has 110 valence electrons. The topological polar surface area (TPSA) is 45.5 Å². The van der Waals surface area contributed by atoms with Crippen molar-refractivity contribution in [1.82, 2.24) is 4.90 Å². The van der Waals surface area contributed by atoms with Gasteiger partial charge in [-0.2, -0.15) is 5.26 Å². The van der Waals surface area contributed by atoms with Crippen molar-refractivity contribution in [2.24, 2.45) is 0 Å². The fraction of sp³-hybridized carbons (Fsp3) is 0.533. The van der Waals surface area contributed by atoms with E-state index in [0.29, 0.717) is 37.4 Å². The Bertz CT molecular complexity index is 460. The first kappa shape index (κ1) is 16.6. The predicted molar refractivity (Wildman–Crippen MR) is 74.7 cm³/mol. The van der Waals surface area contributed by atoms with E-state index in [-0.39, 0.29) is 11.9 Å². The Kier molecular flexibility index (Phi) is 7.16. The van der Waals surface area contributed by atoms with Crippen molar-refractivity contribution in [2.75, 3.05) is 34.0 Å². The zero-order valence-electron chi connectivity index (χ0n) is 12.2. The van der Waals surface area contributed by atoms with E-state index in [1.807, 2.05) is 13.0 Å². The van der Waals surface area contributed by atoms with Gasteiger partial charge in [0.2, 0.25) is 0 Å². The highest BCUT2D eigenvalue weighted by atomic mass is 19.1. The highest BCUT2D eigenvalue weighted by Crippen LogP contribution is 2.14. The average molecular weight is 280 g/mol. The third kappa shape index (κ3) is 4.89. The van der Waals surface area contributed by atoms with E-state index >= 15 is 0 Å². The lowest BCUT2D eigenvalue weighted by Crippen LogP contribution is -2.38. The number of benzene rings is 1. The molecule has 0 bridgehead atoms. The maximum absolute atomic E-state index is 13.8. The van der Waals surface area contributed by atoms with Crippen LogP contribution in [0.4, 0.5) is 4.39 Å². The Morgan fingerprint density at radius 1 is 1.35 bits per heavy atom. The monoisotopic (exact) mass is 280 g/mol. The number of methoxy groups -OCH3 is 2. The van der Waals surface area contributed by atoms with Crippen LogP contribution in [0.5, 0.6) is 0 Å². The van der Waals surface area contributed by atoms with Gasteiger partial charge in [0.25, 0.3) is 0 Å². The predicted octanol–water partition coefficient (Wildman–Crippen LogP) is 2.18. The van der Waals surface area contributed by atoms with Crippen LogP contribution in [0.25, 0.3) is 0 Å². The first-order valence-electron chi connectivity index (χ1n) is 6.52. The minimum Gasteiger partial charge on any atom is -0.383 e.